The summed E-state index contributed by atoms with van der Waals surface area (Å²) in [5.41, 5.74) is 3.80. The highest BCUT2D eigenvalue weighted by Gasteiger charge is 2.17. The molecule has 190 valence electrons. The third kappa shape index (κ3) is 7.62. The van der Waals surface area contributed by atoms with Crippen molar-refractivity contribution in [1.82, 2.24) is 25.8 Å². The molecule has 2 aromatic rings. The van der Waals surface area contributed by atoms with Crippen LogP contribution in [0.5, 0.6) is 0 Å². The summed E-state index contributed by atoms with van der Waals surface area (Å²) in [6, 6.07) is 5.03. The Morgan fingerprint density at radius 3 is 2.69 bits per heavy atom. The Balaban J connectivity index is 1.78. The molecule has 3 amide bonds. The molecule has 0 spiro atoms. The molecule has 0 atom stereocenters. The lowest BCUT2D eigenvalue weighted by Gasteiger charge is -2.22. The fourth-order valence-electron chi connectivity index (χ4n) is 3.07. The van der Waals surface area contributed by atoms with Gasteiger partial charge in [0, 0.05) is 48.3 Å². The number of hydrogen-bond acceptors (Lipinski definition) is 9. The molecule has 0 fully saturated rings. The van der Waals surface area contributed by atoms with Crippen LogP contribution < -0.4 is 16.0 Å². The van der Waals surface area contributed by atoms with Gasteiger partial charge in [0.15, 0.2) is 0 Å². The summed E-state index contributed by atoms with van der Waals surface area (Å²) < 4.78 is 14.5. The molecule has 0 radical (unpaired) electrons. The maximum Gasteiger partial charge on any atom is 0.412 e. The Bertz CT molecular complexity index is 1210. The highest BCUT2D eigenvalue weighted by molar-refractivity contribution is 8.01. The van der Waals surface area contributed by atoms with Crippen LogP contribution in [0.4, 0.5) is 15.4 Å². The number of anilines is 1. The predicted molar refractivity (Wildman–Crippen MR) is 140 cm³/mol. The number of carbonyl (C=O) groups is 2. The van der Waals surface area contributed by atoms with Gasteiger partial charge in [-0.3, -0.25) is 5.32 Å². The van der Waals surface area contributed by atoms with Gasteiger partial charge in [-0.05, 0) is 57.0 Å². The van der Waals surface area contributed by atoms with Crippen LogP contribution in [0.1, 0.15) is 32.9 Å². The minimum atomic E-state index is -0.612. The molecule has 0 aliphatic carbocycles. The van der Waals surface area contributed by atoms with Gasteiger partial charge in [0.1, 0.15) is 5.82 Å². The van der Waals surface area contributed by atoms with E-state index in [0.717, 1.165) is 16.8 Å². The molecule has 0 bridgehead atoms. The molecular formula is C24H29N7O4S. The summed E-state index contributed by atoms with van der Waals surface area (Å²) in [6.45, 7) is 6.25. The fraction of sp³-hybridized carbons (Fsp3) is 0.333. The average molecular weight is 512 g/mol. The molecule has 2 aromatic heterocycles. The van der Waals surface area contributed by atoms with Gasteiger partial charge in [-0.2, -0.15) is 10.2 Å². The van der Waals surface area contributed by atoms with Gasteiger partial charge in [0.25, 0.3) is 0 Å². The molecule has 3 heterocycles. The van der Waals surface area contributed by atoms with Crippen molar-refractivity contribution < 1.29 is 19.1 Å². The van der Waals surface area contributed by atoms with Gasteiger partial charge in [-0.25, -0.2) is 19.0 Å². The van der Waals surface area contributed by atoms with E-state index in [1.807, 2.05) is 32.9 Å². The number of methoxy groups -OCH3 is 2. The first-order chi connectivity index (χ1) is 17.2. The number of urea groups is 1. The summed E-state index contributed by atoms with van der Waals surface area (Å²) in [6.07, 6.45) is 5.05. The zero-order chi connectivity index (χ0) is 26.1. The van der Waals surface area contributed by atoms with Gasteiger partial charge in [-0.15, -0.1) is 0 Å². The van der Waals surface area contributed by atoms with E-state index in [2.05, 4.69) is 40.3 Å². The molecule has 12 heteroatoms. The summed E-state index contributed by atoms with van der Waals surface area (Å²) in [5, 5.41) is 18.4. The van der Waals surface area contributed by atoms with E-state index in [0.29, 0.717) is 35.7 Å². The standard InChI is InChI=1S/C24H29N7O4S/c1-15-19(12-18(14-36-31-15)28-22(32)26-9-7-24(2,3)35-5)20-10-17(13-27-30-20)16-6-8-25-21(11-16)29-23(33)34-4/h6,8,10-14H,7,9H2,1-5H3,(H,25,29,33)(H2,26,28,32). The summed E-state index contributed by atoms with van der Waals surface area (Å²) in [7, 11) is 2.93. The molecule has 3 rings (SSSR count). The van der Waals surface area contributed by atoms with Crippen molar-refractivity contribution >= 4 is 41.2 Å². The van der Waals surface area contributed by atoms with Crippen LogP contribution in [0, 0.1) is 0 Å². The SMILES string of the molecule is COC(=O)Nc1cc(-c2cnnc(C3=CC(NC(=O)NCCC(C)(C)OC)=CSN=C3C)c2)ccn1. The van der Waals surface area contributed by atoms with Crippen LogP contribution in [0.3, 0.4) is 0 Å². The Morgan fingerprint density at radius 1 is 1.14 bits per heavy atom. The van der Waals surface area contributed by atoms with Gasteiger partial charge >= 0.3 is 12.1 Å². The largest absolute Gasteiger partial charge is 0.453 e. The van der Waals surface area contributed by atoms with Gasteiger partial charge in [0.05, 0.1) is 36.0 Å². The van der Waals surface area contributed by atoms with Crippen LogP contribution in [0.25, 0.3) is 16.7 Å². The average Bonchev–Trinajstić information content (AvgIpc) is 3.05. The predicted octanol–water partition coefficient (Wildman–Crippen LogP) is 4.18. The van der Waals surface area contributed by atoms with Gasteiger partial charge in [-0.1, -0.05) is 0 Å². The third-order valence-electron chi connectivity index (χ3n) is 5.32. The number of pyridine rings is 1. The fourth-order valence-corrected chi connectivity index (χ4v) is 3.62. The van der Waals surface area contributed by atoms with Crippen molar-refractivity contribution in [2.45, 2.75) is 32.8 Å². The molecule has 1 aliphatic heterocycles. The maximum absolute atomic E-state index is 12.4. The minimum Gasteiger partial charge on any atom is -0.453 e. The normalized spacial score (nSPS) is 13.5. The first kappa shape index (κ1) is 26.8. The Labute approximate surface area is 214 Å². The van der Waals surface area contributed by atoms with Crippen molar-refractivity contribution in [1.29, 1.82) is 0 Å². The Kier molecular flexibility index (Phi) is 9.14. The molecule has 11 nitrogen and oxygen atoms in total. The first-order valence-corrected chi connectivity index (χ1v) is 11.9. The van der Waals surface area contributed by atoms with Crippen molar-refractivity contribution in [3.05, 3.63) is 53.5 Å². The molecule has 36 heavy (non-hydrogen) atoms. The first-order valence-electron chi connectivity index (χ1n) is 11.1. The van der Waals surface area contributed by atoms with E-state index in [1.54, 1.807) is 37.0 Å². The lowest BCUT2D eigenvalue weighted by molar-refractivity contribution is 0.0165. The van der Waals surface area contributed by atoms with Crippen molar-refractivity contribution in [2.24, 2.45) is 4.40 Å². The number of nitrogens with zero attached hydrogens (tertiary/aromatic N) is 4. The van der Waals surface area contributed by atoms with Crippen LogP contribution in [-0.2, 0) is 9.47 Å². The second-order valence-corrected chi connectivity index (χ2v) is 9.01. The molecule has 1 aliphatic rings. The highest BCUT2D eigenvalue weighted by Crippen LogP contribution is 2.27. The highest BCUT2D eigenvalue weighted by atomic mass is 32.2. The molecule has 0 unspecified atom stereocenters. The Hall–Kier alpha value is -3.77. The van der Waals surface area contributed by atoms with Crippen LogP contribution >= 0.6 is 11.9 Å². The number of ether oxygens (including phenoxy) is 2. The zero-order valence-corrected chi connectivity index (χ0v) is 21.6. The smallest absolute Gasteiger partial charge is 0.412 e. The molecule has 0 saturated heterocycles. The summed E-state index contributed by atoms with van der Waals surface area (Å²) in [5.74, 6) is 0.342. The lowest BCUT2D eigenvalue weighted by atomic mass is 10.0. The number of nitrogens with one attached hydrogen (secondary N) is 3. The quantitative estimate of drug-likeness (QED) is 0.449. The van der Waals surface area contributed by atoms with E-state index < -0.39 is 6.09 Å². The number of amides is 3. The van der Waals surface area contributed by atoms with Crippen molar-refractivity contribution in [3.63, 3.8) is 0 Å². The maximum atomic E-state index is 12.4. The third-order valence-corrected chi connectivity index (χ3v) is 6.06. The van der Waals surface area contributed by atoms with Crippen molar-refractivity contribution in [3.8, 4) is 11.1 Å². The van der Waals surface area contributed by atoms with E-state index in [9.17, 15) is 9.59 Å². The van der Waals surface area contributed by atoms with E-state index in [4.69, 9.17) is 4.74 Å². The number of carbonyl (C=O) groups excluding carboxylic acids is 2. The van der Waals surface area contributed by atoms with Crippen LogP contribution in [-0.4, -0.2) is 59.4 Å². The molecular weight excluding hydrogens is 482 g/mol. The number of allylic oxidation sites excluding steroid dienone is 2. The second kappa shape index (κ2) is 12.3. The van der Waals surface area contributed by atoms with Crippen LogP contribution in [0.2, 0.25) is 0 Å². The topological polar surface area (TPSA) is 140 Å². The van der Waals surface area contributed by atoms with Crippen molar-refractivity contribution in [2.75, 3.05) is 26.1 Å². The Morgan fingerprint density at radius 2 is 1.94 bits per heavy atom. The molecule has 3 N–H and O–H groups in total. The minimum absolute atomic E-state index is 0.322. The number of hydrogen-bond donors (Lipinski definition) is 3. The summed E-state index contributed by atoms with van der Waals surface area (Å²) in [4.78, 5) is 28.1. The zero-order valence-electron chi connectivity index (χ0n) is 20.8. The van der Waals surface area contributed by atoms with E-state index in [-0.39, 0.29) is 11.6 Å². The number of rotatable bonds is 8. The molecule has 0 aromatic carbocycles. The van der Waals surface area contributed by atoms with E-state index >= 15 is 0 Å². The second-order valence-electron chi connectivity index (χ2n) is 8.38. The number of aromatic nitrogens is 3. The van der Waals surface area contributed by atoms with Gasteiger partial charge in [0.2, 0.25) is 0 Å². The lowest BCUT2D eigenvalue weighted by Crippen LogP contribution is -2.38. The van der Waals surface area contributed by atoms with Gasteiger partial charge < -0.3 is 20.1 Å². The molecule has 0 saturated carbocycles. The summed E-state index contributed by atoms with van der Waals surface area (Å²) >= 11 is 1.22. The monoisotopic (exact) mass is 511 g/mol. The van der Waals surface area contributed by atoms with E-state index in [1.165, 1.54) is 19.1 Å². The van der Waals surface area contributed by atoms with Crippen LogP contribution in [0.15, 0.2) is 52.2 Å².